The molecule has 0 amide bonds. The lowest BCUT2D eigenvalue weighted by atomic mass is 9.92. The third-order valence-electron chi connectivity index (χ3n) is 2.87. The van der Waals surface area contributed by atoms with E-state index >= 15 is 0 Å². The predicted octanol–water partition coefficient (Wildman–Crippen LogP) is -0.426. The zero-order valence-corrected chi connectivity index (χ0v) is 11.3. The van der Waals surface area contributed by atoms with E-state index in [0.29, 0.717) is 39.1 Å². The summed E-state index contributed by atoms with van der Waals surface area (Å²) in [5.41, 5.74) is 5.14. The highest BCUT2D eigenvalue weighted by Gasteiger charge is 2.35. The highest BCUT2D eigenvalue weighted by molar-refractivity contribution is 7.87. The van der Waals surface area contributed by atoms with Gasteiger partial charge in [0.15, 0.2) is 0 Å². The summed E-state index contributed by atoms with van der Waals surface area (Å²) in [4.78, 5) is 0. The summed E-state index contributed by atoms with van der Waals surface area (Å²) in [5.74, 6) is 0.273. The van der Waals surface area contributed by atoms with Crippen molar-refractivity contribution in [3.8, 4) is 0 Å². The molecule has 1 aliphatic rings. The molecular weight excluding hydrogens is 242 g/mol. The van der Waals surface area contributed by atoms with Gasteiger partial charge in [0.1, 0.15) is 0 Å². The second-order valence-electron chi connectivity index (χ2n) is 4.94. The van der Waals surface area contributed by atoms with Crippen molar-refractivity contribution in [1.29, 1.82) is 0 Å². The van der Waals surface area contributed by atoms with Crippen LogP contribution >= 0.6 is 0 Å². The van der Waals surface area contributed by atoms with Crippen LogP contribution in [0.3, 0.4) is 0 Å². The number of nitrogens with two attached hydrogens (primary N) is 1. The topological polar surface area (TPSA) is 93.5 Å². The molecule has 0 unspecified atom stereocenters. The number of nitrogens with one attached hydrogen (secondary N) is 2. The molecular formula is C10H23N3O3S. The third kappa shape index (κ3) is 4.89. The van der Waals surface area contributed by atoms with Gasteiger partial charge < -0.3 is 10.5 Å². The normalized spacial score (nSPS) is 20.7. The second kappa shape index (κ2) is 6.10. The van der Waals surface area contributed by atoms with Crippen LogP contribution in [0, 0.1) is 5.92 Å². The zero-order chi connectivity index (χ0) is 12.9. The molecule has 4 N–H and O–H groups in total. The van der Waals surface area contributed by atoms with E-state index in [1.165, 1.54) is 0 Å². The first-order valence-electron chi connectivity index (χ1n) is 5.95. The summed E-state index contributed by atoms with van der Waals surface area (Å²) in [6.07, 6.45) is 1.23. The molecule has 0 spiro atoms. The molecule has 0 bridgehead atoms. The Labute approximate surface area is 103 Å². The molecule has 1 fully saturated rings. The summed E-state index contributed by atoms with van der Waals surface area (Å²) in [5, 5.41) is 0. The van der Waals surface area contributed by atoms with Crippen LogP contribution in [0.4, 0.5) is 0 Å². The average Bonchev–Trinajstić information content (AvgIpc) is 2.27. The Balaban J connectivity index is 2.60. The van der Waals surface area contributed by atoms with Crippen molar-refractivity contribution < 1.29 is 13.2 Å². The van der Waals surface area contributed by atoms with Gasteiger partial charge in [-0.2, -0.15) is 13.1 Å². The molecule has 1 rings (SSSR count). The molecule has 0 aromatic rings. The fraction of sp³-hybridized carbons (Fsp3) is 1.00. The number of ether oxygens (including phenoxy) is 1. The summed E-state index contributed by atoms with van der Waals surface area (Å²) in [6.45, 7) is 5.71. The maximum absolute atomic E-state index is 11.8. The van der Waals surface area contributed by atoms with Crippen LogP contribution in [0.5, 0.6) is 0 Å². The van der Waals surface area contributed by atoms with Crippen molar-refractivity contribution in [2.24, 2.45) is 11.7 Å². The Morgan fingerprint density at radius 2 is 1.94 bits per heavy atom. The molecule has 7 heteroatoms. The molecule has 0 saturated carbocycles. The molecule has 0 aromatic heterocycles. The smallest absolute Gasteiger partial charge is 0.277 e. The summed E-state index contributed by atoms with van der Waals surface area (Å²) < 4.78 is 34.1. The van der Waals surface area contributed by atoms with E-state index in [9.17, 15) is 8.42 Å². The first-order chi connectivity index (χ1) is 7.89. The largest absolute Gasteiger partial charge is 0.381 e. The minimum absolute atomic E-state index is 0.273. The van der Waals surface area contributed by atoms with Crippen molar-refractivity contribution in [3.63, 3.8) is 0 Å². The number of rotatable bonds is 6. The van der Waals surface area contributed by atoms with Crippen LogP contribution in [-0.2, 0) is 14.9 Å². The van der Waals surface area contributed by atoms with Gasteiger partial charge in [-0.25, -0.2) is 4.72 Å². The van der Waals surface area contributed by atoms with E-state index < -0.39 is 15.7 Å². The van der Waals surface area contributed by atoms with Gasteiger partial charge in [-0.15, -0.1) is 0 Å². The molecule has 0 aliphatic carbocycles. The molecule has 0 radical (unpaired) electrons. The lowest BCUT2D eigenvalue weighted by molar-refractivity contribution is 0.0500. The van der Waals surface area contributed by atoms with E-state index in [1.54, 1.807) is 0 Å². The van der Waals surface area contributed by atoms with Crippen LogP contribution in [-0.4, -0.2) is 40.3 Å². The highest BCUT2D eigenvalue weighted by Crippen LogP contribution is 2.20. The molecule has 6 nitrogen and oxygen atoms in total. The Kier molecular flexibility index (Phi) is 5.33. The second-order valence-corrected chi connectivity index (χ2v) is 6.44. The first kappa shape index (κ1) is 14.8. The lowest BCUT2D eigenvalue weighted by Crippen LogP contribution is -2.59. The van der Waals surface area contributed by atoms with Crippen molar-refractivity contribution in [1.82, 2.24) is 9.44 Å². The molecule has 1 aliphatic heterocycles. The zero-order valence-electron chi connectivity index (χ0n) is 10.5. The molecule has 0 aromatic carbocycles. The van der Waals surface area contributed by atoms with Crippen LogP contribution in [0.1, 0.15) is 26.7 Å². The van der Waals surface area contributed by atoms with Gasteiger partial charge in [0.2, 0.25) is 0 Å². The van der Waals surface area contributed by atoms with Crippen molar-refractivity contribution >= 4 is 10.2 Å². The van der Waals surface area contributed by atoms with Crippen LogP contribution in [0.25, 0.3) is 0 Å². The standard InChI is InChI=1S/C10H23N3O3S/c1-9(2)7-12-17(14,15)13-10(8-11)3-5-16-6-4-10/h9,12-13H,3-8,11H2,1-2H3. The molecule has 1 saturated heterocycles. The van der Waals surface area contributed by atoms with Gasteiger partial charge in [0.25, 0.3) is 10.2 Å². The Hall–Kier alpha value is -0.210. The van der Waals surface area contributed by atoms with E-state index in [1.807, 2.05) is 13.8 Å². The minimum atomic E-state index is -3.48. The van der Waals surface area contributed by atoms with Gasteiger partial charge in [0, 0.05) is 26.3 Å². The van der Waals surface area contributed by atoms with Crippen molar-refractivity contribution in [2.45, 2.75) is 32.2 Å². The van der Waals surface area contributed by atoms with Gasteiger partial charge >= 0.3 is 0 Å². The monoisotopic (exact) mass is 265 g/mol. The van der Waals surface area contributed by atoms with Crippen molar-refractivity contribution in [3.05, 3.63) is 0 Å². The maximum Gasteiger partial charge on any atom is 0.277 e. The van der Waals surface area contributed by atoms with Gasteiger partial charge in [-0.1, -0.05) is 13.8 Å². The fourth-order valence-corrected chi connectivity index (χ4v) is 3.19. The molecule has 17 heavy (non-hydrogen) atoms. The lowest BCUT2D eigenvalue weighted by Gasteiger charge is -2.36. The quantitative estimate of drug-likeness (QED) is 0.608. The molecule has 102 valence electrons. The van der Waals surface area contributed by atoms with E-state index in [2.05, 4.69) is 9.44 Å². The first-order valence-corrected chi connectivity index (χ1v) is 7.44. The summed E-state index contributed by atoms with van der Waals surface area (Å²) in [7, 11) is -3.48. The maximum atomic E-state index is 11.8. The SMILES string of the molecule is CC(C)CNS(=O)(=O)NC1(CN)CCOCC1. The van der Waals surface area contributed by atoms with Gasteiger partial charge in [0.05, 0.1) is 5.54 Å². The Bertz CT molecular complexity index is 324. The summed E-state index contributed by atoms with van der Waals surface area (Å²) >= 11 is 0. The minimum Gasteiger partial charge on any atom is -0.381 e. The van der Waals surface area contributed by atoms with E-state index in [-0.39, 0.29) is 5.92 Å². The number of hydrogen-bond donors (Lipinski definition) is 3. The van der Waals surface area contributed by atoms with Crippen molar-refractivity contribution in [2.75, 3.05) is 26.3 Å². The Morgan fingerprint density at radius 1 is 1.35 bits per heavy atom. The highest BCUT2D eigenvalue weighted by atomic mass is 32.2. The Morgan fingerprint density at radius 3 is 2.41 bits per heavy atom. The number of hydrogen-bond acceptors (Lipinski definition) is 4. The molecule has 0 atom stereocenters. The van der Waals surface area contributed by atoms with Gasteiger partial charge in [-0.3, -0.25) is 0 Å². The average molecular weight is 265 g/mol. The summed E-state index contributed by atoms with van der Waals surface area (Å²) in [6, 6.07) is 0. The van der Waals surface area contributed by atoms with Crippen LogP contribution in [0.15, 0.2) is 0 Å². The van der Waals surface area contributed by atoms with Gasteiger partial charge in [-0.05, 0) is 18.8 Å². The van der Waals surface area contributed by atoms with E-state index in [4.69, 9.17) is 10.5 Å². The fourth-order valence-electron chi connectivity index (χ4n) is 1.71. The molecule has 1 heterocycles. The van der Waals surface area contributed by atoms with Crippen LogP contribution in [0.2, 0.25) is 0 Å². The van der Waals surface area contributed by atoms with Crippen LogP contribution < -0.4 is 15.2 Å². The third-order valence-corrected chi connectivity index (χ3v) is 4.12. The van der Waals surface area contributed by atoms with E-state index in [0.717, 1.165) is 0 Å². The predicted molar refractivity (Wildman–Crippen MR) is 66.7 cm³/mol.